The second-order valence-corrected chi connectivity index (χ2v) is 6.73. The number of amides is 1. The molecule has 26 heavy (non-hydrogen) atoms. The minimum absolute atomic E-state index is 0.406. The largest absolute Gasteiger partial charge is 0.449 e. The number of carbonyl (C=O) groups is 2. The molecule has 1 N–H and O–H groups in total. The van der Waals surface area contributed by atoms with Gasteiger partial charge >= 0.3 is 5.97 Å². The maximum absolute atomic E-state index is 12.2. The molecule has 136 valence electrons. The van der Waals surface area contributed by atoms with Crippen LogP contribution < -0.4 is 5.32 Å². The van der Waals surface area contributed by atoms with Crippen molar-refractivity contribution in [2.75, 3.05) is 5.32 Å². The molecule has 0 bridgehead atoms. The molecule has 2 aromatic rings. The van der Waals surface area contributed by atoms with E-state index >= 15 is 0 Å². The second kappa shape index (κ2) is 9.08. The summed E-state index contributed by atoms with van der Waals surface area (Å²) in [6.45, 7) is 3.27. The summed E-state index contributed by atoms with van der Waals surface area (Å²) in [5.74, 6) is -1.12. The van der Waals surface area contributed by atoms with Crippen LogP contribution >= 0.6 is 34.8 Å². The molecule has 0 radical (unpaired) electrons. The predicted octanol–water partition coefficient (Wildman–Crippen LogP) is 5.54. The second-order valence-electron chi connectivity index (χ2n) is 5.48. The Morgan fingerprint density at radius 3 is 2.54 bits per heavy atom. The number of benzene rings is 2. The number of hydrogen-bond donors (Lipinski definition) is 1. The number of halogens is 3. The zero-order valence-corrected chi connectivity index (χ0v) is 16.3. The number of ether oxygens (including phenoxy) is 1. The average Bonchev–Trinajstić information content (AvgIpc) is 2.58. The Labute approximate surface area is 166 Å². The summed E-state index contributed by atoms with van der Waals surface area (Å²) >= 11 is 17.9. The van der Waals surface area contributed by atoms with Crippen molar-refractivity contribution in [2.24, 2.45) is 0 Å². The molecule has 0 heterocycles. The predicted molar refractivity (Wildman–Crippen MR) is 106 cm³/mol. The van der Waals surface area contributed by atoms with Crippen molar-refractivity contribution in [2.45, 2.75) is 20.0 Å². The van der Waals surface area contributed by atoms with Gasteiger partial charge in [-0.05, 0) is 55.3 Å². The molecular weight excluding hydrogens is 397 g/mol. The highest BCUT2D eigenvalue weighted by molar-refractivity contribution is 6.35. The van der Waals surface area contributed by atoms with Gasteiger partial charge in [0, 0.05) is 26.8 Å². The van der Waals surface area contributed by atoms with E-state index in [-0.39, 0.29) is 0 Å². The summed E-state index contributed by atoms with van der Waals surface area (Å²) in [5.41, 5.74) is 1.91. The lowest BCUT2D eigenvalue weighted by molar-refractivity contribution is -0.148. The molecule has 0 aromatic heterocycles. The first-order valence-electron chi connectivity index (χ1n) is 7.67. The van der Waals surface area contributed by atoms with E-state index in [1.807, 2.05) is 0 Å². The lowest BCUT2D eigenvalue weighted by Crippen LogP contribution is -2.29. The van der Waals surface area contributed by atoms with Crippen LogP contribution in [-0.4, -0.2) is 18.0 Å². The van der Waals surface area contributed by atoms with Crippen LogP contribution in [0.25, 0.3) is 6.08 Å². The molecule has 1 amide bonds. The topological polar surface area (TPSA) is 55.4 Å². The van der Waals surface area contributed by atoms with Crippen LogP contribution in [0.5, 0.6) is 0 Å². The van der Waals surface area contributed by atoms with Gasteiger partial charge in [-0.15, -0.1) is 0 Å². The lowest BCUT2D eigenvalue weighted by atomic mass is 10.2. The van der Waals surface area contributed by atoms with Crippen molar-refractivity contribution in [1.82, 2.24) is 0 Å². The molecule has 1 unspecified atom stereocenters. The Morgan fingerprint density at radius 1 is 1.12 bits per heavy atom. The van der Waals surface area contributed by atoms with Gasteiger partial charge in [0.25, 0.3) is 5.91 Å². The smallest absolute Gasteiger partial charge is 0.331 e. The molecule has 1 atom stereocenters. The molecule has 0 saturated heterocycles. The van der Waals surface area contributed by atoms with E-state index in [9.17, 15) is 9.59 Å². The number of carbonyl (C=O) groups excluding carboxylic acids is 2. The van der Waals surface area contributed by atoms with E-state index in [2.05, 4.69) is 5.32 Å². The van der Waals surface area contributed by atoms with Crippen molar-refractivity contribution < 1.29 is 14.3 Å². The number of rotatable bonds is 5. The highest BCUT2D eigenvalue weighted by atomic mass is 35.5. The van der Waals surface area contributed by atoms with Gasteiger partial charge in [0.05, 0.1) is 0 Å². The van der Waals surface area contributed by atoms with Gasteiger partial charge in [-0.25, -0.2) is 4.79 Å². The normalized spacial score (nSPS) is 12.0. The minimum Gasteiger partial charge on any atom is -0.449 e. The fraction of sp³-hybridized carbons (Fsp3) is 0.158. The molecule has 0 fully saturated rings. The lowest BCUT2D eigenvalue weighted by Gasteiger charge is -2.14. The maximum Gasteiger partial charge on any atom is 0.331 e. The summed E-state index contributed by atoms with van der Waals surface area (Å²) < 4.78 is 5.10. The minimum atomic E-state index is -0.980. The van der Waals surface area contributed by atoms with Crippen LogP contribution in [0.4, 0.5) is 5.69 Å². The van der Waals surface area contributed by atoms with E-state index in [0.717, 1.165) is 5.56 Å². The van der Waals surface area contributed by atoms with Crippen LogP contribution in [0.15, 0.2) is 42.5 Å². The van der Waals surface area contributed by atoms with Gasteiger partial charge in [0.1, 0.15) is 0 Å². The summed E-state index contributed by atoms with van der Waals surface area (Å²) in [4.78, 5) is 24.1. The first-order chi connectivity index (χ1) is 12.3. The number of nitrogens with one attached hydrogen (secondary N) is 1. The molecule has 0 aliphatic heterocycles. The number of esters is 1. The maximum atomic E-state index is 12.2. The van der Waals surface area contributed by atoms with Gasteiger partial charge < -0.3 is 10.1 Å². The third-order valence-electron chi connectivity index (χ3n) is 3.55. The Morgan fingerprint density at radius 2 is 1.85 bits per heavy atom. The van der Waals surface area contributed by atoms with Crippen molar-refractivity contribution in [3.05, 3.63) is 68.7 Å². The van der Waals surface area contributed by atoms with E-state index < -0.39 is 18.0 Å². The molecule has 0 saturated carbocycles. The molecule has 7 heteroatoms. The molecule has 2 rings (SSSR count). The SMILES string of the molecule is Cc1c(Cl)cccc1NC(=O)C(C)OC(=O)C=Cc1ccc(Cl)cc1Cl. The molecular formula is C19H16Cl3NO3. The fourth-order valence-electron chi connectivity index (χ4n) is 2.04. The highest BCUT2D eigenvalue weighted by Gasteiger charge is 2.17. The quantitative estimate of drug-likeness (QED) is 0.518. The summed E-state index contributed by atoms with van der Waals surface area (Å²) in [6, 6.07) is 10.1. The first-order valence-corrected chi connectivity index (χ1v) is 8.81. The van der Waals surface area contributed by atoms with Gasteiger partial charge in [0.15, 0.2) is 6.10 Å². The van der Waals surface area contributed by atoms with Crippen molar-refractivity contribution in [1.29, 1.82) is 0 Å². The zero-order valence-electron chi connectivity index (χ0n) is 14.1. The van der Waals surface area contributed by atoms with Crippen LogP contribution in [-0.2, 0) is 14.3 Å². The van der Waals surface area contributed by atoms with Crippen LogP contribution in [0.2, 0.25) is 15.1 Å². The summed E-state index contributed by atoms with van der Waals surface area (Å²) in [6.07, 6.45) is 1.71. The first kappa shape index (κ1) is 20.3. The Bertz CT molecular complexity index is 865. The van der Waals surface area contributed by atoms with Crippen LogP contribution in [0.1, 0.15) is 18.1 Å². The Kier molecular flexibility index (Phi) is 7.09. The van der Waals surface area contributed by atoms with Gasteiger partial charge in [0.2, 0.25) is 0 Å². The van der Waals surface area contributed by atoms with Crippen molar-refractivity contribution in [3.8, 4) is 0 Å². The molecule has 2 aromatic carbocycles. The average molecular weight is 413 g/mol. The van der Waals surface area contributed by atoms with E-state index in [4.69, 9.17) is 39.5 Å². The van der Waals surface area contributed by atoms with Crippen molar-refractivity contribution >= 4 is 58.4 Å². The number of anilines is 1. The van der Waals surface area contributed by atoms with Crippen LogP contribution in [0.3, 0.4) is 0 Å². The fourth-order valence-corrected chi connectivity index (χ4v) is 2.68. The zero-order chi connectivity index (χ0) is 19.3. The van der Waals surface area contributed by atoms with Gasteiger partial charge in [-0.2, -0.15) is 0 Å². The molecule has 0 aliphatic rings. The third-order valence-corrected chi connectivity index (χ3v) is 4.52. The van der Waals surface area contributed by atoms with E-state index in [0.29, 0.717) is 26.3 Å². The Balaban J connectivity index is 1.96. The monoisotopic (exact) mass is 411 g/mol. The standard InChI is InChI=1S/C19H16Cl3NO3/c1-11-15(21)4-3-5-17(11)23-19(25)12(2)26-18(24)9-7-13-6-8-14(20)10-16(13)22/h3-10,12H,1-2H3,(H,23,25). The number of hydrogen-bond acceptors (Lipinski definition) is 3. The van der Waals surface area contributed by atoms with Gasteiger partial charge in [-0.1, -0.05) is 46.9 Å². The van der Waals surface area contributed by atoms with E-state index in [1.54, 1.807) is 43.3 Å². The molecule has 0 aliphatic carbocycles. The Hall–Kier alpha value is -2.01. The molecule has 4 nitrogen and oxygen atoms in total. The van der Waals surface area contributed by atoms with Crippen molar-refractivity contribution in [3.63, 3.8) is 0 Å². The highest BCUT2D eigenvalue weighted by Crippen LogP contribution is 2.23. The third kappa shape index (κ3) is 5.49. The summed E-state index contributed by atoms with van der Waals surface area (Å²) in [5, 5.41) is 4.12. The molecule has 0 spiro atoms. The van der Waals surface area contributed by atoms with Crippen LogP contribution in [0, 0.1) is 6.92 Å². The van der Waals surface area contributed by atoms with E-state index in [1.165, 1.54) is 19.1 Å². The van der Waals surface area contributed by atoms with Gasteiger partial charge in [-0.3, -0.25) is 4.79 Å². The summed E-state index contributed by atoms with van der Waals surface area (Å²) in [7, 11) is 0.